The smallest absolute Gasteiger partial charge is 0.356 e. The van der Waals surface area contributed by atoms with Crippen molar-refractivity contribution in [2.24, 2.45) is 0 Å². The number of nitrogens with zero attached hydrogens (tertiary/aromatic N) is 2. The second-order valence-electron chi connectivity index (χ2n) is 2.87. The highest BCUT2D eigenvalue weighted by Gasteiger charge is 2.05. The first-order valence-corrected chi connectivity index (χ1v) is 4.57. The number of carbonyl (C=O) groups is 1. The zero-order valence-corrected chi connectivity index (χ0v) is 8.55. The summed E-state index contributed by atoms with van der Waals surface area (Å²) in [5, 5.41) is 12.4. The topological polar surface area (TPSA) is 73.6 Å². The van der Waals surface area contributed by atoms with E-state index in [2.05, 4.69) is 5.10 Å². The number of rotatable bonds is 7. The molecule has 0 aliphatic rings. The van der Waals surface area contributed by atoms with Crippen molar-refractivity contribution in [2.45, 2.75) is 6.54 Å². The van der Waals surface area contributed by atoms with Gasteiger partial charge in [-0.2, -0.15) is 5.10 Å². The maximum absolute atomic E-state index is 10.5. The molecule has 1 N–H and O–H groups in total. The number of methoxy groups -OCH3 is 1. The van der Waals surface area contributed by atoms with Crippen LogP contribution in [0.5, 0.6) is 0 Å². The molecule has 0 spiro atoms. The van der Waals surface area contributed by atoms with Gasteiger partial charge in [-0.25, -0.2) is 4.79 Å². The van der Waals surface area contributed by atoms with Gasteiger partial charge in [-0.15, -0.1) is 0 Å². The molecule has 0 saturated carbocycles. The van der Waals surface area contributed by atoms with Crippen LogP contribution in [0.25, 0.3) is 0 Å². The lowest BCUT2D eigenvalue weighted by atomic mass is 10.5. The third kappa shape index (κ3) is 4.09. The first-order valence-electron chi connectivity index (χ1n) is 4.57. The molecule has 1 rings (SSSR count). The van der Waals surface area contributed by atoms with Crippen LogP contribution in [0, 0.1) is 0 Å². The zero-order chi connectivity index (χ0) is 11.1. The first-order chi connectivity index (χ1) is 7.24. The van der Waals surface area contributed by atoms with Crippen molar-refractivity contribution >= 4 is 5.97 Å². The normalized spacial score (nSPS) is 10.5. The molecule has 0 aliphatic heterocycles. The molecule has 0 fully saturated rings. The van der Waals surface area contributed by atoms with Crippen LogP contribution >= 0.6 is 0 Å². The summed E-state index contributed by atoms with van der Waals surface area (Å²) in [5.41, 5.74) is 0.0480. The highest BCUT2D eigenvalue weighted by molar-refractivity contribution is 5.84. The summed E-state index contributed by atoms with van der Waals surface area (Å²) in [6, 6.07) is 1.46. The lowest BCUT2D eigenvalue weighted by Crippen LogP contribution is -2.10. The number of carboxylic acid groups (broad SMARTS) is 1. The summed E-state index contributed by atoms with van der Waals surface area (Å²) in [5.74, 6) is -1.02. The minimum atomic E-state index is -1.02. The van der Waals surface area contributed by atoms with Crippen LogP contribution in [-0.2, 0) is 16.0 Å². The van der Waals surface area contributed by atoms with Crippen molar-refractivity contribution < 1.29 is 19.4 Å². The van der Waals surface area contributed by atoms with Crippen molar-refractivity contribution in [3.05, 3.63) is 18.0 Å². The summed E-state index contributed by atoms with van der Waals surface area (Å²) in [6.07, 6.45) is 1.61. The third-order valence-electron chi connectivity index (χ3n) is 1.76. The molecule has 0 radical (unpaired) electrons. The Morgan fingerprint density at radius 1 is 1.53 bits per heavy atom. The molecular formula is C9H14N2O4. The van der Waals surface area contributed by atoms with E-state index in [9.17, 15) is 4.79 Å². The monoisotopic (exact) mass is 214 g/mol. The minimum absolute atomic E-state index is 0.0480. The van der Waals surface area contributed by atoms with Gasteiger partial charge in [0.2, 0.25) is 0 Å². The lowest BCUT2D eigenvalue weighted by molar-refractivity contribution is 0.0645. The standard InChI is InChI=1S/C9H14N2O4/c1-14-6-7-15-5-4-11-3-2-8(10-11)9(12)13/h2-3H,4-7H2,1H3,(H,12,13). The average molecular weight is 214 g/mol. The van der Waals surface area contributed by atoms with Crippen LogP contribution in [-0.4, -0.2) is 47.8 Å². The molecule has 0 amide bonds. The van der Waals surface area contributed by atoms with E-state index in [0.717, 1.165) is 0 Å². The van der Waals surface area contributed by atoms with E-state index in [4.69, 9.17) is 14.6 Å². The summed E-state index contributed by atoms with van der Waals surface area (Å²) >= 11 is 0. The van der Waals surface area contributed by atoms with Gasteiger partial charge in [-0.3, -0.25) is 4.68 Å². The molecule has 1 aromatic rings. The fourth-order valence-corrected chi connectivity index (χ4v) is 1.00. The summed E-state index contributed by atoms with van der Waals surface area (Å²) in [4.78, 5) is 10.5. The van der Waals surface area contributed by atoms with Crippen molar-refractivity contribution in [3.8, 4) is 0 Å². The Morgan fingerprint density at radius 2 is 2.33 bits per heavy atom. The number of carboxylic acids is 1. The van der Waals surface area contributed by atoms with Gasteiger partial charge in [-0.1, -0.05) is 0 Å². The third-order valence-corrected chi connectivity index (χ3v) is 1.76. The van der Waals surface area contributed by atoms with Gasteiger partial charge in [0.05, 0.1) is 26.4 Å². The number of aromatic nitrogens is 2. The molecule has 1 heterocycles. The van der Waals surface area contributed by atoms with Crippen molar-refractivity contribution in [3.63, 3.8) is 0 Å². The van der Waals surface area contributed by atoms with Crippen LogP contribution < -0.4 is 0 Å². The van der Waals surface area contributed by atoms with Crippen LogP contribution in [0.15, 0.2) is 12.3 Å². The fourth-order valence-electron chi connectivity index (χ4n) is 1.00. The first kappa shape index (κ1) is 11.7. The molecule has 6 nitrogen and oxygen atoms in total. The second kappa shape index (κ2) is 6.15. The quantitative estimate of drug-likeness (QED) is 0.658. The van der Waals surface area contributed by atoms with Crippen LogP contribution in [0.2, 0.25) is 0 Å². The van der Waals surface area contributed by atoms with Crippen molar-refractivity contribution in [2.75, 3.05) is 26.9 Å². The lowest BCUT2D eigenvalue weighted by Gasteiger charge is -2.03. The van der Waals surface area contributed by atoms with E-state index < -0.39 is 5.97 Å². The molecule has 0 saturated heterocycles. The summed E-state index contributed by atoms with van der Waals surface area (Å²) < 4.78 is 11.6. The van der Waals surface area contributed by atoms with Gasteiger partial charge < -0.3 is 14.6 Å². The van der Waals surface area contributed by atoms with E-state index in [1.54, 1.807) is 13.3 Å². The van der Waals surface area contributed by atoms with E-state index in [0.29, 0.717) is 26.4 Å². The molecule has 0 aromatic carbocycles. The van der Waals surface area contributed by atoms with E-state index in [1.165, 1.54) is 10.7 Å². The van der Waals surface area contributed by atoms with Crippen LogP contribution in [0.1, 0.15) is 10.5 Å². The number of hydrogen-bond donors (Lipinski definition) is 1. The highest BCUT2D eigenvalue weighted by Crippen LogP contribution is 1.95. The summed E-state index contributed by atoms with van der Waals surface area (Å²) in [6.45, 7) is 2.12. The van der Waals surface area contributed by atoms with Crippen molar-refractivity contribution in [1.29, 1.82) is 0 Å². The van der Waals surface area contributed by atoms with Crippen LogP contribution in [0.4, 0.5) is 0 Å². The predicted molar refractivity (Wildman–Crippen MR) is 51.9 cm³/mol. The van der Waals surface area contributed by atoms with Gasteiger partial charge in [0.15, 0.2) is 5.69 Å². The van der Waals surface area contributed by atoms with E-state index in [1.807, 2.05) is 0 Å². The molecular weight excluding hydrogens is 200 g/mol. The molecule has 6 heteroatoms. The minimum Gasteiger partial charge on any atom is -0.476 e. The molecule has 1 aromatic heterocycles. The highest BCUT2D eigenvalue weighted by atomic mass is 16.5. The predicted octanol–water partition coefficient (Wildman–Crippen LogP) is 0.244. The van der Waals surface area contributed by atoms with Gasteiger partial charge >= 0.3 is 5.97 Å². The second-order valence-corrected chi connectivity index (χ2v) is 2.87. The Bertz CT molecular complexity index is 311. The maximum Gasteiger partial charge on any atom is 0.356 e. The fraction of sp³-hybridized carbons (Fsp3) is 0.556. The van der Waals surface area contributed by atoms with E-state index >= 15 is 0 Å². The Kier molecular flexibility index (Phi) is 4.79. The SMILES string of the molecule is COCCOCCn1ccc(C(=O)O)n1. The number of aromatic carboxylic acids is 1. The van der Waals surface area contributed by atoms with Gasteiger partial charge in [0, 0.05) is 13.3 Å². The Labute approximate surface area is 87.4 Å². The number of hydrogen-bond acceptors (Lipinski definition) is 4. The Balaban J connectivity index is 2.23. The average Bonchev–Trinajstić information content (AvgIpc) is 2.66. The molecule has 15 heavy (non-hydrogen) atoms. The van der Waals surface area contributed by atoms with Gasteiger partial charge in [0.25, 0.3) is 0 Å². The molecule has 84 valence electrons. The Hall–Kier alpha value is -1.40. The summed E-state index contributed by atoms with van der Waals surface area (Å²) in [7, 11) is 1.61. The van der Waals surface area contributed by atoms with Crippen LogP contribution in [0.3, 0.4) is 0 Å². The van der Waals surface area contributed by atoms with Gasteiger partial charge in [0.1, 0.15) is 0 Å². The van der Waals surface area contributed by atoms with E-state index in [-0.39, 0.29) is 5.69 Å². The zero-order valence-electron chi connectivity index (χ0n) is 8.55. The molecule has 0 atom stereocenters. The largest absolute Gasteiger partial charge is 0.476 e. The van der Waals surface area contributed by atoms with Crippen molar-refractivity contribution in [1.82, 2.24) is 9.78 Å². The molecule has 0 unspecified atom stereocenters. The molecule has 0 aliphatic carbocycles. The maximum atomic E-state index is 10.5. The molecule has 0 bridgehead atoms. The van der Waals surface area contributed by atoms with Gasteiger partial charge in [-0.05, 0) is 6.07 Å². The Morgan fingerprint density at radius 3 is 2.93 bits per heavy atom. The number of ether oxygens (including phenoxy) is 2.